The van der Waals surface area contributed by atoms with E-state index < -0.39 is 5.97 Å². The molecule has 2 aromatic rings. The fourth-order valence-electron chi connectivity index (χ4n) is 2.27. The third-order valence-electron chi connectivity index (χ3n) is 3.21. The van der Waals surface area contributed by atoms with Crippen molar-refractivity contribution in [2.24, 2.45) is 0 Å². The van der Waals surface area contributed by atoms with Crippen molar-refractivity contribution in [2.45, 2.75) is 26.4 Å². The smallest absolute Gasteiger partial charge is 0.307 e. The molecule has 0 spiro atoms. The van der Waals surface area contributed by atoms with E-state index in [1.54, 1.807) is 0 Å². The summed E-state index contributed by atoms with van der Waals surface area (Å²) >= 11 is 0. The maximum Gasteiger partial charge on any atom is 0.307 e. The second-order valence-electron chi connectivity index (χ2n) is 5.33. The standard InChI is InChI=1S/C17H20N2O2/c1-13-4-3-5-16(18-13)12-19(2)11-15-8-6-14(7-9-15)10-17(20)21/h3-9H,10-12H2,1-2H3,(H,20,21). The van der Waals surface area contributed by atoms with Gasteiger partial charge in [-0.05, 0) is 37.2 Å². The number of benzene rings is 1. The lowest BCUT2D eigenvalue weighted by molar-refractivity contribution is -0.136. The van der Waals surface area contributed by atoms with Crippen LogP contribution in [-0.2, 0) is 24.3 Å². The first-order chi connectivity index (χ1) is 10.0. The quantitative estimate of drug-likeness (QED) is 0.886. The van der Waals surface area contributed by atoms with Crippen LogP contribution in [0.25, 0.3) is 0 Å². The molecule has 110 valence electrons. The van der Waals surface area contributed by atoms with Gasteiger partial charge in [0.15, 0.2) is 0 Å². The summed E-state index contributed by atoms with van der Waals surface area (Å²) < 4.78 is 0. The Kier molecular flexibility index (Phi) is 5.06. The zero-order valence-corrected chi connectivity index (χ0v) is 12.4. The molecule has 0 fully saturated rings. The fourth-order valence-corrected chi connectivity index (χ4v) is 2.27. The summed E-state index contributed by atoms with van der Waals surface area (Å²) in [7, 11) is 2.05. The largest absolute Gasteiger partial charge is 0.481 e. The van der Waals surface area contributed by atoms with Gasteiger partial charge in [0.2, 0.25) is 0 Å². The van der Waals surface area contributed by atoms with Gasteiger partial charge >= 0.3 is 5.97 Å². The number of nitrogens with zero attached hydrogens (tertiary/aromatic N) is 2. The molecule has 0 radical (unpaired) electrons. The Labute approximate surface area is 125 Å². The van der Waals surface area contributed by atoms with E-state index in [0.29, 0.717) is 0 Å². The third-order valence-corrected chi connectivity index (χ3v) is 3.21. The minimum atomic E-state index is -0.801. The zero-order chi connectivity index (χ0) is 15.2. The van der Waals surface area contributed by atoms with E-state index in [1.165, 1.54) is 5.56 Å². The first-order valence-electron chi connectivity index (χ1n) is 6.93. The average Bonchev–Trinajstić information content (AvgIpc) is 2.40. The predicted molar refractivity (Wildman–Crippen MR) is 81.9 cm³/mol. The van der Waals surface area contributed by atoms with Crippen molar-refractivity contribution in [2.75, 3.05) is 7.05 Å². The molecule has 0 aliphatic rings. The van der Waals surface area contributed by atoms with Gasteiger partial charge in [-0.2, -0.15) is 0 Å². The van der Waals surface area contributed by atoms with E-state index >= 15 is 0 Å². The van der Waals surface area contributed by atoms with E-state index in [2.05, 4.69) is 16.9 Å². The van der Waals surface area contributed by atoms with E-state index in [-0.39, 0.29) is 6.42 Å². The van der Waals surface area contributed by atoms with E-state index in [9.17, 15) is 4.79 Å². The number of rotatable bonds is 6. The molecule has 0 amide bonds. The second-order valence-corrected chi connectivity index (χ2v) is 5.33. The Morgan fingerprint density at radius 3 is 2.38 bits per heavy atom. The van der Waals surface area contributed by atoms with Gasteiger partial charge in [-0.3, -0.25) is 14.7 Å². The maximum absolute atomic E-state index is 10.6. The molecule has 1 N–H and O–H groups in total. The molecular weight excluding hydrogens is 264 g/mol. The van der Waals surface area contributed by atoms with Crippen LogP contribution in [0, 0.1) is 6.92 Å². The Hall–Kier alpha value is -2.20. The minimum Gasteiger partial charge on any atom is -0.481 e. The van der Waals surface area contributed by atoms with Gasteiger partial charge in [-0.1, -0.05) is 30.3 Å². The molecule has 0 bridgehead atoms. The SMILES string of the molecule is Cc1cccc(CN(C)Cc2ccc(CC(=O)O)cc2)n1. The molecule has 0 saturated heterocycles. The van der Waals surface area contributed by atoms with Crippen LogP contribution in [0.3, 0.4) is 0 Å². The van der Waals surface area contributed by atoms with Crippen LogP contribution in [0.5, 0.6) is 0 Å². The lowest BCUT2D eigenvalue weighted by Gasteiger charge is -2.16. The molecule has 0 saturated carbocycles. The number of carbonyl (C=O) groups is 1. The number of hydrogen-bond donors (Lipinski definition) is 1. The van der Waals surface area contributed by atoms with E-state index in [1.807, 2.05) is 49.4 Å². The third kappa shape index (κ3) is 5.00. The lowest BCUT2D eigenvalue weighted by Crippen LogP contribution is -2.18. The number of carboxylic acid groups (broad SMARTS) is 1. The molecule has 0 aliphatic carbocycles. The Morgan fingerprint density at radius 1 is 1.10 bits per heavy atom. The molecule has 0 atom stereocenters. The number of hydrogen-bond acceptors (Lipinski definition) is 3. The lowest BCUT2D eigenvalue weighted by atomic mass is 10.1. The van der Waals surface area contributed by atoms with Gasteiger partial charge in [-0.15, -0.1) is 0 Å². The topological polar surface area (TPSA) is 53.4 Å². The highest BCUT2D eigenvalue weighted by molar-refractivity contribution is 5.70. The van der Waals surface area contributed by atoms with Gasteiger partial charge in [0.25, 0.3) is 0 Å². The van der Waals surface area contributed by atoms with Crippen molar-refractivity contribution in [1.29, 1.82) is 0 Å². The number of aliphatic carboxylic acids is 1. The summed E-state index contributed by atoms with van der Waals surface area (Å²) in [6.45, 7) is 3.59. The Balaban J connectivity index is 1.93. The van der Waals surface area contributed by atoms with Crippen LogP contribution < -0.4 is 0 Å². The van der Waals surface area contributed by atoms with Gasteiger partial charge < -0.3 is 5.11 Å². The summed E-state index contributed by atoms with van der Waals surface area (Å²) in [6.07, 6.45) is 0.0727. The zero-order valence-electron chi connectivity index (χ0n) is 12.4. The molecular formula is C17H20N2O2. The summed E-state index contributed by atoms with van der Waals surface area (Å²) in [5.41, 5.74) is 4.08. The highest BCUT2D eigenvalue weighted by Crippen LogP contribution is 2.09. The first kappa shape index (κ1) is 15.2. The minimum absolute atomic E-state index is 0.0727. The summed E-state index contributed by atoms with van der Waals surface area (Å²) in [5, 5.41) is 8.75. The van der Waals surface area contributed by atoms with Crippen LogP contribution in [0.4, 0.5) is 0 Å². The van der Waals surface area contributed by atoms with Crippen LogP contribution in [0.2, 0.25) is 0 Å². The number of aryl methyl sites for hydroxylation is 1. The summed E-state index contributed by atoms with van der Waals surface area (Å²) in [6, 6.07) is 13.8. The Bertz CT molecular complexity index is 608. The van der Waals surface area contributed by atoms with Gasteiger partial charge in [0.05, 0.1) is 12.1 Å². The highest BCUT2D eigenvalue weighted by atomic mass is 16.4. The monoisotopic (exact) mass is 284 g/mol. The molecule has 1 aromatic carbocycles. The maximum atomic E-state index is 10.6. The van der Waals surface area contributed by atoms with Crippen LogP contribution >= 0.6 is 0 Å². The van der Waals surface area contributed by atoms with Crippen molar-refractivity contribution < 1.29 is 9.90 Å². The first-order valence-corrected chi connectivity index (χ1v) is 6.93. The van der Waals surface area contributed by atoms with Crippen LogP contribution in [-0.4, -0.2) is 28.0 Å². The fraction of sp³-hybridized carbons (Fsp3) is 0.294. The highest BCUT2D eigenvalue weighted by Gasteiger charge is 2.04. The Morgan fingerprint density at radius 2 is 1.76 bits per heavy atom. The van der Waals surface area contributed by atoms with Crippen molar-refractivity contribution in [3.63, 3.8) is 0 Å². The molecule has 1 heterocycles. The number of pyridine rings is 1. The van der Waals surface area contributed by atoms with Gasteiger partial charge in [-0.25, -0.2) is 0 Å². The van der Waals surface area contributed by atoms with Gasteiger partial charge in [0.1, 0.15) is 0 Å². The van der Waals surface area contributed by atoms with Crippen LogP contribution in [0.15, 0.2) is 42.5 Å². The van der Waals surface area contributed by atoms with Crippen molar-refractivity contribution in [1.82, 2.24) is 9.88 Å². The van der Waals surface area contributed by atoms with E-state index in [0.717, 1.165) is 30.0 Å². The van der Waals surface area contributed by atoms with Crippen molar-refractivity contribution >= 4 is 5.97 Å². The van der Waals surface area contributed by atoms with Gasteiger partial charge in [0, 0.05) is 18.8 Å². The second kappa shape index (κ2) is 6.99. The molecule has 1 aromatic heterocycles. The number of carboxylic acids is 1. The molecule has 4 heteroatoms. The molecule has 0 unspecified atom stereocenters. The van der Waals surface area contributed by atoms with Crippen LogP contribution in [0.1, 0.15) is 22.5 Å². The molecule has 21 heavy (non-hydrogen) atoms. The summed E-state index contributed by atoms with van der Waals surface area (Å²) in [5.74, 6) is -0.801. The summed E-state index contributed by atoms with van der Waals surface area (Å²) in [4.78, 5) is 17.3. The normalized spacial score (nSPS) is 10.8. The molecule has 2 rings (SSSR count). The average molecular weight is 284 g/mol. The number of aromatic nitrogens is 1. The predicted octanol–water partition coefficient (Wildman–Crippen LogP) is 2.65. The molecule has 4 nitrogen and oxygen atoms in total. The van der Waals surface area contributed by atoms with Crippen molar-refractivity contribution in [3.8, 4) is 0 Å². The van der Waals surface area contributed by atoms with Crippen molar-refractivity contribution in [3.05, 3.63) is 65.0 Å². The van der Waals surface area contributed by atoms with E-state index in [4.69, 9.17) is 5.11 Å². The molecule has 0 aliphatic heterocycles.